The molecule has 0 bridgehead atoms. The van der Waals surface area contributed by atoms with Crippen LogP contribution in [0.5, 0.6) is 0 Å². The van der Waals surface area contributed by atoms with Gasteiger partial charge in [-0.1, -0.05) is 0 Å². The van der Waals surface area contributed by atoms with Crippen molar-refractivity contribution >= 4 is 0 Å². The summed E-state index contributed by atoms with van der Waals surface area (Å²) in [6.45, 7) is 4.27. The van der Waals surface area contributed by atoms with Gasteiger partial charge in [0.1, 0.15) is 6.33 Å². The van der Waals surface area contributed by atoms with Gasteiger partial charge in [0, 0.05) is 38.6 Å². The van der Waals surface area contributed by atoms with Crippen LogP contribution in [0.25, 0.3) is 0 Å². The standard InChI is InChI=1S/C7H12N4/c1-4-10(5-2-8-1)11-6-3-9-7-11/h3,6-8H,1-2,4-5H2. The third kappa shape index (κ3) is 1.35. The third-order valence-electron chi connectivity index (χ3n) is 1.91. The molecule has 0 aliphatic carbocycles. The molecule has 1 N–H and O–H groups in total. The number of nitrogens with one attached hydrogen (secondary N) is 1. The lowest BCUT2D eigenvalue weighted by Gasteiger charge is -2.29. The van der Waals surface area contributed by atoms with E-state index in [0.717, 1.165) is 26.2 Å². The lowest BCUT2D eigenvalue weighted by Crippen LogP contribution is -2.48. The highest BCUT2D eigenvalue weighted by atomic mass is 15.6. The van der Waals surface area contributed by atoms with E-state index in [4.69, 9.17) is 0 Å². The summed E-state index contributed by atoms with van der Waals surface area (Å²) in [4.78, 5) is 4.00. The van der Waals surface area contributed by atoms with E-state index < -0.39 is 0 Å². The Hall–Kier alpha value is -1.03. The minimum Gasteiger partial charge on any atom is -0.313 e. The molecule has 60 valence electrons. The van der Waals surface area contributed by atoms with E-state index in [1.807, 2.05) is 23.4 Å². The number of hydrogen-bond donors (Lipinski definition) is 1. The van der Waals surface area contributed by atoms with Gasteiger partial charge in [-0.15, -0.1) is 0 Å². The first-order valence-corrected chi connectivity index (χ1v) is 3.91. The first kappa shape index (κ1) is 6.67. The summed E-state index contributed by atoms with van der Waals surface area (Å²) in [7, 11) is 0. The Labute approximate surface area is 65.8 Å². The molecule has 2 rings (SSSR count). The van der Waals surface area contributed by atoms with Crippen molar-refractivity contribution in [1.82, 2.24) is 15.0 Å². The second-order valence-electron chi connectivity index (χ2n) is 2.65. The number of piperazine rings is 1. The van der Waals surface area contributed by atoms with Crippen molar-refractivity contribution in [2.75, 3.05) is 31.2 Å². The van der Waals surface area contributed by atoms with Crippen LogP contribution in [0.15, 0.2) is 18.7 Å². The van der Waals surface area contributed by atoms with Crippen LogP contribution >= 0.6 is 0 Å². The fraction of sp³-hybridized carbons (Fsp3) is 0.571. The molecule has 4 nitrogen and oxygen atoms in total. The van der Waals surface area contributed by atoms with Crippen LogP contribution in [0.2, 0.25) is 0 Å². The molecule has 0 atom stereocenters. The molecule has 11 heavy (non-hydrogen) atoms. The number of nitrogens with zero attached hydrogens (tertiary/aromatic N) is 3. The summed E-state index contributed by atoms with van der Waals surface area (Å²) in [5.41, 5.74) is 0. The summed E-state index contributed by atoms with van der Waals surface area (Å²) < 4.78 is 2.04. The Kier molecular flexibility index (Phi) is 1.77. The van der Waals surface area contributed by atoms with Gasteiger partial charge in [0.05, 0.1) is 0 Å². The Balaban J connectivity index is 2.04. The van der Waals surface area contributed by atoms with E-state index in [1.165, 1.54) is 0 Å². The van der Waals surface area contributed by atoms with Crippen molar-refractivity contribution in [2.24, 2.45) is 0 Å². The third-order valence-corrected chi connectivity index (χ3v) is 1.91. The lowest BCUT2D eigenvalue weighted by atomic mass is 10.4. The zero-order valence-electron chi connectivity index (χ0n) is 6.40. The van der Waals surface area contributed by atoms with E-state index in [-0.39, 0.29) is 0 Å². The molecular formula is C7H12N4. The molecule has 0 amide bonds. The largest absolute Gasteiger partial charge is 0.313 e. The van der Waals surface area contributed by atoms with E-state index in [1.54, 1.807) is 0 Å². The zero-order chi connectivity index (χ0) is 7.52. The Morgan fingerprint density at radius 3 is 2.73 bits per heavy atom. The van der Waals surface area contributed by atoms with E-state index in [9.17, 15) is 0 Å². The summed E-state index contributed by atoms with van der Waals surface area (Å²) >= 11 is 0. The number of aromatic nitrogens is 2. The summed E-state index contributed by atoms with van der Waals surface area (Å²) in [5.74, 6) is 0. The summed E-state index contributed by atoms with van der Waals surface area (Å²) in [5, 5.41) is 5.57. The number of rotatable bonds is 1. The summed E-state index contributed by atoms with van der Waals surface area (Å²) in [6.07, 6.45) is 5.62. The van der Waals surface area contributed by atoms with Gasteiger partial charge in [-0.3, -0.25) is 4.68 Å². The van der Waals surface area contributed by atoms with Crippen molar-refractivity contribution < 1.29 is 0 Å². The van der Waals surface area contributed by atoms with Gasteiger partial charge in [-0.05, 0) is 0 Å². The molecule has 1 saturated heterocycles. The second-order valence-corrected chi connectivity index (χ2v) is 2.65. The van der Waals surface area contributed by atoms with Gasteiger partial charge in [0.2, 0.25) is 0 Å². The molecule has 0 saturated carbocycles. The maximum atomic E-state index is 4.00. The Bertz CT molecular complexity index is 200. The normalized spacial score (nSPS) is 18.7. The van der Waals surface area contributed by atoms with Gasteiger partial charge in [0.15, 0.2) is 0 Å². The smallest absolute Gasteiger partial charge is 0.114 e. The topological polar surface area (TPSA) is 33.1 Å². The van der Waals surface area contributed by atoms with Crippen molar-refractivity contribution in [3.8, 4) is 0 Å². The van der Waals surface area contributed by atoms with Crippen LogP contribution in [0, 0.1) is 0 Å². The molecule has 1 aromatic rings. The number of hydrogen-bond acceptors (Lipinski definition) is 3. The van der Waals surface area contributed by atoms with E-state index in [2.05, 4.69) is 15.3 Å². The first-order chi connectivity index (χ1) is 5.47. The molecule has 0 unspecified atom stereocenters. The maximum absolute atomic E-state index is 4.00. The highest BCUT2D eigenvalue weighted by Gasteiger charge is 2.07. The molecule has 0 aromatic carbocycles. The summed E-state index contributed by atoms with van der Waals surface area (Å²) in [6, 6.07) is 0. The zero-order valence-corrected chi connectivity index (χ0v) is 6.40. The highest BCUT2D eigenvalue weighted by molar-refractivity contribution is 4.92. The highest BCUT2D eigenvalue weighted by Crippen LogP contribution is 1.92. The van der Waals surface area contributed by atoms with Crippen LogP contribution in [-0.2, 0) is 0 Å². The SMILES string of the molecule is c1cn(N2CCNCC2)cn1. The average molecular weight is 152 g/mol. The number of imidazole rings is 1. The van der Waals surface area contributed by atoms with Gasteiger partial charge in [-0.2, -0.15) is 0 Å². The molecule has 0 radical (unpaired) electrons. The Morgan fingerprint density at radius 1 is 1.27 bits per heavy atom. The monoisotopic (exact) mass is 152 g/mol. The molecular weight excluding hydrogens is 140 g/mol. The molecule has 1 fully saturated rings. The first-order valence-electron chi connectivity index (χ1n) is 3.91. The average Bonchev–Trinajstić information content (AvgIpc) is 2.58. The van der Waals surface area contributed by atoms with Gasteiger partial charge in [-0.25, -0.2) is 4.98 Å². The molecule has 4 heteroatoms. The van der Waals surface area contributed by atoms with E-state index in [0.29, 0.717) is 0 Å². The molecule has 1 aliphatic heterocycles. The lowest BCUT2D eigenvalue weighted by molar-refractivity contribution is 0.491. The quantitative estimate of drug-likeness (QED) is 0.584. The predicted molar refractivity (Wildman–Crippen MR) is 43.0 cm³/mol. The van der Waals surface area contributed by atoms with Crippen molar-refractivity contribution in [1.29, 1.82) is 0 Å². The van der Waals surface area contributed by atoms with Crippen molar-refractivity contribution in [3.05, 3.63) is 18.7 Å². The predicted octanol–water partition coefficient (Wildman–Crippen LogP) is -0.576. The van der Waals surface area contributed by atoms with Crippen LogP contribution < -0.4 is 10.3 Å². The van der Waals surface area contributed by atoms with Gasteiger partial charge < -0.3 is 10.3 Å². The minimum atomic E-state index is 1.07. The fourth-order valence-corrected chi connectivity index (χ4v) is 1.30. The molecule has 0 spiro atoms. The molecule has 1 aromatic heterocycles. The van der Waals surface area contributed by atoms with Crippen molar-refractivity contribution in [2.45, 2.75) is 0 Å². The Morgan fingerprint density at radius 2 is 2.09 bits per heavy atom. The molecule has 2 heterocycles. The van der Waals surface area contributed by atoms with E-state index >= 15 is 0 Å². The minimum absolute atomic E-state index is 1.07. The van der Waals surface area contributed by atoms with Crippen molar-refractivity contribution in [3.63, 3.8) is 0 Å². The fourth-order valence-electron chi connectivity index (χ4n) is 1.30. The van der Waals surface area contributed by atoms with Gasteiger partial charge >= 0.3 is 0 Å². The van der Waals surface area contributed by atoms with Gasteiger partial charge in [0.25, 0.3) is 0 Å². The van der Waals surface area contributed by atoms with Crippen LogP contribution in [0.1, 0.15) is 0 Å². The van der Waals surface area contributed by atoms with Crippen LogP contribution in [-0.4, -0.2) is 35.8 Å². The maximum Gasteiger partial charge on any atom is 0.114 e. The van der Waals surface area contributed by atoms with Crippen LogP contribution in [0.3, 0.4) is 0 Å². The van der Waals surface area contributed by atoms with Crippen LogP contribution in [0.4, 0.5) is 0 Å². The molecule has 1 aliphatic rings. The second kappa shape index (κ2) is 2.92.